The SMILES string of the molecule is CCCCC/C=C\C/C=C\C/C=C\CCCCC(=O)OC[C@H](COP(=O)(O)O)OC(=O)CCC/C=C\C/C=C\CC1OC1C/C=C\CCCCC. The lowest BCUT2D eigenvalue weighted by molar-refractivity contribution is -0.161. The van der Waals surface area contributed by atoms with E-state index in [-0.39, 0.29) is 19.4 Å². The lowest BCUT2D eigenvalue weighted by atomic mass is 10.1. The van der Waals surface area contributed by atoms with E-state index in [0.717, 1.165) is 57.8 Å². The standard InChI is InChI=1S/C41H67O9P/c1-3-5-7-9-11-12-13-14-15-16-17-18-21-25-29-33-40(42)47-35-37(36-48-51(44,45)46)49-41(43)34-30-26-22-19-20-24-28-32-39-38(50-39)31-27-23-10-8-6-4-2/h11-12,14-15,17-19,22-24,27-28,37-39H,3-10,13,16,20-21,25-26,29-36H2,1-2H3,(H2,44,45,46)/b12-11-,15-14-,18-17-,22-19-,27-23-,28-24-/t37-,38?,39?/m1/s1. The van der Waals surface area contributed by atoms with Crippen molar-refractivity contribution in [2.24, 2.45) is 0 Å². The third-order valence-corrected chi connectivity index (χ3v) is 8.59. The van der Waals surface area contributed by atoms with Gasteiger partial charge in [0.2, 0.25) is 0 Å². The number of hydrogen-bond donors (Lipinski definition) is 2. The number of unbranched alkanes of at least 4 members (excludes halogenated alkanes) is 9. The molecule has 0 spiro atoms. The average Bonchev–Trinajstić information content (AvgIpc) is 3.85. The minimum atomic E-state index is -4.78. The van der Waals surface area contributed by atoms with Crippen LogP contribution in [0.5, 0.6) is 0 Å². The van der Waals surface area contributed by atoms with Gasteiger partial charge in [-0.3, -0.25) is 14.1 Å². The van der Waals surface area contributed by atoms with Crippen LogP contribution in [0.2, 0.25) is 0 Å². The average molecular weight is 735 g/mol. The van der Waals surface area contributed by atoms with Crippen LogP contribution in [-0.4, -0.2) is 53.3 Å². The maximum Gasteiger partial charge on any atom is 0.469 e. The first-order chi connectivity index (χ1) is 24.7. The molecular formula is C41H67O9P. The molecule has 1 rings (SSSR count). The van der Waals surface area contributed by atoms with Crippen LogP contribution < -0.4 is 0 Å². The highest BCUT2D eigenvalue weighted by molar-refractivity contribution is 7.46. The molecule has 0 radical (unpaired) electrons. The first-order valence-corrected chi connectivity index (χ1v) is 20.9. The van der Waals surface area contributed by atoms with E-state index >= 15 is 0 Å². The molecule has 3 atom stereocenters. The predicted octanol–water partition coefficient (Wildman–Crippen LogP) is 10.5. The molecule has 0 aliphatic carbocycles. The number of allylic oxidation sites excluding steroid dienone is 10. The van der Waals surface area contributed by atoms with Gasteiger partial charge in [0.25, 0.3) is 0 Å². The van der Waals surface area contributed by atoms with Crippen molar-refractivity contribution in [2.75, 3.05) is 13.2 Å². The molecule has 1 aliphatic heterocycles. The molecule has 0 bridgehead atoms. The lowest BCUT2D eigenvalue weighted by Gasteiger charge is -2.18. The summed E-state index contributed by atoms with van der Waals surface area (Å²) in [7, 11) is -4.78. The van der Waals surface area contributed by atoms with Crippen molar-refractivity contribution in [1.29, 1.82) is 0 Å². The van der Waals surface area contributed by atoms with Gasteiger partial charge in [-0.05, 0) is 89.9 Å². The molecule has 1 heterocycles. The molecular weight excluding hydrogens is 667 g/mol. The smallest absolute Gasteiger partial charge is 0.462 e. The van der Waals surface area contributed by atoms with Crippen LogP contribution in [0.25, 0.3) is 0 Å². The number of carbonyl (C=O) groups is 2. The number of hydrogen-bond acceptors (Lipinski definition) is 7. The van der Waals surface area contributed by atoms with Gasteiger partial charge >= 0.3 is 19.8 Å². The molecule has 0 aromatic carbocycles. The monoisotopic (exact) mass is 734 g/mol. The number of esters is 2. The Morgan fingerprint density at radius 1 is 0.608 bits per heavy atom. The summed E-state index contributed by atoms with van der Waals surface area (Å²) in [6.07, 6.45) is 43.7. The van der Waals surface area contributed by atoms with Crippen LogP contribution in [0.1, 0.15) is 142 Å². The van der Waals surface area contributed by atoms with E-state index in [4.69, 9.17) is 24.0 Å². The van der Waals surface area contributed by atoms with Gasteiger partial charge in [0.1, 0.15) is 6.61 Å². The number of phosphoric acid groups is 1. The normalized spacial score (nSPS) is 17.3. The Morgan fingerprint density at radius 3 is 1.61 bits per heavy atom. The van der Waals surface area contributed by atoms with Crippen molar-refractivity contribution in [3.8, 4) is 0 Å². The van der Waals surface area contributed by atoms with Crippen molar-refractivity contribution < 1.29 is 42.7 Å². The maximum atomic E-state index is 12.4. The van der Waals surface area contributed by atoms with Crippen LogP contribution in [0.4, 0.5) is 0 Å². The van der Waals surface area contributed by atoms with Crippen molar-refractivity contribution in [2.45, 2.75) is 161 Å². The summed E-state index contributed by atoms with van der Waals surface area (Å²) < 4.78 is 32.0. The predicted molar refractivity (Wildman–Crippen MR) is 206 cm³/mol. The van der Waals surface area contributed by atoms with Crippen molar-refractivity contribution in [3.05, 3.63) is 72.9 Å². The Balaban J connectivity index is 2.18. The Labute approximate surface area is 308 Å². The summed E-state index contributed by atoms with van der Waals surface area (Å²) in [5.41, 5.74) is 0. The summed E-state index contributed by atoms with van der Waals surface area (Å²) in [5.74, 6) is -1.01. The molecule has 2 N–H and O–H groups in total. The number of rotatable bonds is 33. The van der Waals surface area contributed by atoms with Gasteiger partial charge in [-0.1, -0.05) is 112 Å². The van der Waals surface area contributed by atoms with E-state index in [9.17, 15) is 14.2 Å². The highest BCUT2D eigenvalue weighted by Gasteiger charge is 2.36. The molecule has 10 heteroatoms. The summed E-state index contributed by atoms with van der Waals surface area (Å²) in [6.45, 7) is 3.52. The number of epoxide rings is 1. The molecule has 2 unspecified atom stereocenters. The molecule has 0 aromatic heterocycles. The zero-order chi connectivity index (χ0) is 37.3. The van der Waals surface area contributed by atoms with Gasteiger partial charge in [-0.25, -0.2) is 4.57 Å². The van der Waals surface area contributed by atoms with Gasteiger partial charge in [-0.2, -0.15) is 0 Å². The zero-order valence-electron chi connectivity index (χ0n) is 31.4. The molecule has 0 aromatic rings. The van der Waals surface area contributed by atoms with E-state index < -0.39 is 32.5 Å². The Kier molecular flexibility index (Phi) is 29.3. The second kappa shape index (κ2) is 32.1. The van der Waals surface area contributed by atoms with Crippen molar-refractivity contribution in [3.63, 3.8) is 0 Å². The van der Waals surface area contributed by atoms with E-state index in [1.807, 2.05) is 12.2 Å². The topological polar surface area (TPSA) is 132 Å². The van der Waals surface area contributed by atoms with Crippen LogP contribution in [0.15, 0.2) is 72.9 Å². The zero-order valence-corrected chi connectivity index (χ0v) is 32.3. The van der Waals surface area contributed by atoms with E-state index in [1.54, 1.807) is 0 Å². The fourth-order valence-corrected chi connectivity index (χ4v) is 5.42. The van der Waals surface area contributed by atoms with Gasteiger partial charge < -0.3 is 24.0 Å². The fraction of sp³-hybridized carbons (Fsp3) is 0.659. The first kappa shape index (κ1) is 46.5. The van der Waals surface area contributed by atoms with Gasteiger partial charge in [0.15, 0.2) is 6.10 Å². The van der Waals surface area contributed by atoms with Gasteiger partial charge in [-0.15, -0.1) is 0 Å². The van der Waals surface area contributed by atoms with Crippen molar-refractivity contribution in [1.82, 2.24) is 0 Å². The van der Waals surface area contributed by atoms with Gasteiger partial charge in [0, 0.05) is 12.8 Å². The second-order valence-electron chi connectivity index (χ2n) is 12.9. The van der Waals surface area contributed by atoms with E-state index in [0.29, 0.717) is 31.5 Å². The number of ether oxygens (including phenoxy) is 3. The summed E-state index contributed by atoms with van der Waals surface area (Å²) >= 11 is 0. The second-order valence-corrected chi connectivity index (χ2v) is 14.2. The highest BCUT2D eigenvalue weighted by atomic mass is 31.2. The van der Waals surface area contributed by atoms with Crippen LogP contribution in [0, 0.1) is 0 Å². The van der Waals surface area contributed by atoms with Crippen LogP contribution in [0.3, 0.4) is 0 Å². The fourth-order valence-electron chi connectivity index (χ4n) is 5.06. The van der Waals surface area contributed by atoms with Gasteiger partial charge in [0.05, 0.1) is 18.8 Å². The largest absolute Gasteiger partial charge is 0.469 e. The van der Waals surface area contributed by atoms with E-state index in [2.05, 4.69) is 79.1 Å². The number of phosphoric ester groups is 1. The minimum Gasteiger partial charge on any atom is -0.462 e. The Hall–Kier alpha value is -2.55. The third kappa shape index (κ3) is 31.9. The molecule has 51 heavy (non-hydrogen) atoms. The highest BCUT2D eigenvalue weighted by Crippen LogP contribution is 2.36. The number of carbonyl (C=O) groups excluding carboxylic acids is 2. The third-order valence-electron chi connectivity index (χ3n) is 8.10. The van der Waals surface area contributed by atoms with E-state index in [1.165, 1.54) is 38.5 Å². The summed E-state index contributed by atoms with van der Waals surface area (Å²) in [4.78, 5) is 42.7. The maximum absolute atomic E-state index is 12.4. The molecule has 0 saturated carbocycles. The quantitative estimate of drug-likeness (QED) is 0.0222. The van der Waals surface area contributed by atoms with Crippen molar-refractivity contribution >= 4 is 19.8 Å². The molecule has 1 fully saturated rings. The Bertz CT molecular complexity index is 1120. The summed E-state index contributed by atoms with van der Waals surface area (Å²) in [5, 5.41) is 0. The molecule has 1 aliphatic rings. The molecule has 290 valence electrons. The first-order valence-electron chi connectivity index (χ1n) is 19.4. The summed E-state index contributed by atoms with van der Waals surface area (Å²) in [6, 6.07) is 0. The molecule has 0 amide bonds. The molecule has 1 saturated heterocycles. The minimum absolute atomic E-state index is 0.119. The lowest BCUT2D eigenvalue weighted by Crippen LogP contribution is -2.29. The van der Waals surface area contributed by atoms with Crippen LogP contribution in [-0.2, 0) is 32.9 Å². The van der Waals surface area contributed by atoms with Crippen LogP contribution >= 0.6 is 7.82 Å². The molecule has 9 nitrogen and oxygen atoms in total. The Morgan fingerprint density at radius 2 is 1.06 bits per heavy atom.